The lowest BCUT2D eigenvalue weighted by Gasteiger charge is -2.38. The standard InChI is InChI=1S/C25H38F3N/c1-2-3-4-5-6-7-19-8-10-20(11-9-19)21-12-14-22(15-13-21)23-16-17-24(29-18-23)25(26,27)28/h16-22H,2-15H2,1H3/t19-,20-,21-,22-. The molecular formula is C25H38F3N. The highest BCUT2D eigenvalue weighted by Gasteiger charge is 2.34. The zero-order chi connectivity index (χ0) is 20.7. The van der Waals surface area contributed by atoms with Crippen molar-refractivity contribution in [2.24, 2.45) is 17.8 Å². The minimum absolute atomic E-state index is 0.389. The van der Waals surface area contributed by atoms with Gasteiger partial charge in [-0.3, -0.25) is 4.98 Å². The van der Waals surface area contributed by atoms with E-state index in [-0.39, 0.29) is 0 Å². The predicted octanol–water partition coefficient (Wildman–Crippen LogP) is 8.54. The van der Waals surface area contributed by atoms with E-state index in [1.807, 2.05) is 0 Å². The van der Waals surface area contributed by atoms with E-state index < -0.39 is 11.9 Å². The number of alkyl halides is 3. The summed E-state index contributed by atoms with van der Waals surface area (Å²) in [6.07, 6.45) is 15.8. The Morgan fingerprint density at radius 3 is 2.00 bits per heavy atom. The number of nitrogens with zero attached hydrogens (tertiary/aromatic N) is 1. The Morgan fingerprint density at radius 2 is 1.45 bits per heavy atom. The highest BCUT2D eigenvalue weighted by atomic mass is 19.4. The zero-order valence-corrected chi connectivity index (χ0v) is 18.0. The summed E-state index contributed by atoms with van der Waals surface area (Å²) in [4.78, 5) is 3.66. The molecule has 1 heterocycles. The molecule has 2 aliphatic carbocycles. The normalized spacial score (nSPS) is 28.4. The Balaban J connectivity index is 1.37. The van der Waals surface area contributed by atoms with Crippen LogP contribution in [0.1, 0.15) is 114 Å². The quantitative estimate of drug-likeness (QED) is 0.392. The lowest BCUT2D eigenvalue weighted by atomic mass is 9.68. The van der Waals surface area contributed by atoms with Crippen LogP contribution in [0.4, 0.5) is 13.2 Å². The molecule has 3 rings (SSSR count). The second kappa shape index (κ2) is 10.8. The zero-order valence-electron chi connectivity index (χ0n) is 18.0. The lowest BCUT2D eigenvalue weighted by molar-refractivity contribution is -0.141. The van der Waals surface area contributed by atoms with Crippen molar-refractivity contribution in [3.8, 4) is 0 Å². The van der Waals surface area contributed by atoms with Crippen LogP contribution in [0.2, 0.25) is 0 Å². The fourth-order valence-corrected chi connectivity index (χ4v) is 5.72. The van der Waals surface area contributed by atoms with E-state index >= 15 is 0 Å². The van der Waals surface area contributed by atoms with Crippen molar-refractivity contribution in [2.45, 2.75) is 109 Å². The van der Waals surface area contributed by atoms with Gasteiger partial charge >= 0.3 is 6.18 Å². The first-order valence-electron chi connectivity index (χ1n) is 12.0. The average Bonchev–Trinajstić information content (AvgIpc) is 2.74. The van der Waals surface area contributed by atoms with Gasteiger partial charge in [-0.25, -0.2) is 0 Å². The third-order valence-corrected chi connectivity index (χ3v) is 7.59. The Labute approximate surface area is 174 Å². The SMILES string of the molecule is CCCCCCC[C@H]1CC[C@H]([C@H]2CC[C@H](c3ccc(C(F)(F)F)nc3)CC2)CC1. The van der Waals surface area contributed by atoms with Gasteiger partial charge in [0.15, 0.2) is 0 Å². The van der Waals surface area contributed by atoms with Crippen molar-refractivity contribution in [1.29, 1.82) is 0 Å². The van der Waals surface area contributed by atoms with E-state index in [9.17, 15) is 13.2 Å². The molecule has 0 aromatic carbocycles. The summed E-state index contributed by atoms with van der Waals surface area (Å²) in [5.41, 5.74) is 0.209. The molecule has 164 valence electrons. The van der Waals surface area contributed by atoms with Crippen LogP contribution in [-0.2, 0) is 6.18 Å². The number of rotatable bonds is 8. The van der Waals surface area contributed by atoms with Crippen molar-refractivity contribution >= 4 is 0 Å². The molecule has 1 aromatic heterocycles. The van der Waals surface area contributed by atoms with Crippen LogP contribution in [0.15, 0.2) is 18.3 Å². The number of halogens is 3. The predicted molar refractivity (Wildman–Crippen MR) is 113 cm³/mol. The lowest BCUT2D eigenvalue weighted by Crippen LogP contribution is -2.25. The molecule has 29 heavy (non-hydrogen) atoms. The molecule has 0 radical (unpaired) electrons. The Hall–Kier alpha value is -1.06. The number of hydrogen-bond acceptors (Lipinski definition) is 1. The monoisotopic (exact) mass is 409 g/mol. The molecule has 0 bridgehead atoms. The van der Waals surface area contributed by atoms with E-state index in [2.05, 4.69) is 11.9 Å². The third kappa shape index (κ3) is 6.72. The first kappa shape index (κ1) is 22.6. The van der Waals surface area contributed by atoms with Gasteiger partial charge in [-0.15, -0.1) is 0 Å². The maximum absolute atomic E-state index is 12.7. The summed E-state index contributed by atoms with van der Waals surface area (Å²) in [5, 5.41) is 0. The maximum Gasteiger partial charge on any atom is 0.433 e. The molecule has 4 heteroatoms. The average molecular weight is 410 g/mol. The van der Waals surface area contributed by atoms with Gasteiger partial charge in [0.25, 0.3) is 0 Å². The van der Waals surface area contributed by atoms with Crippen molar-refractivity contribution in [3.05, 3.63) is 29.6 Å². The summed E-state index contributed by atoms with van der Waals surface area (Å²) in [5.74, 6) is 3.07. The second-order valence-electron chi connectivity index (χ2n) is 9.57. The summed E-state index contributed by atoms with van der Waals surface area (Å²) in [7, 11) is 0. The highest BCUT2D eigenvalue weighted by Crippen LogP contribution is 2.44. The topological polar surface area (TPSA) is 12.9 Å². The molecule has 0 unspecified atom stereocenters. The van der Waals surface area contributed by atoms with Gasteiger partial charge in [0.1, 0.15) is 5.69 Å². The molecule has 0 atom stereocenters. The van der Waals surface area contributed by atoms with Crippen LogP contribution in [0.25, 0.3) is 0 Å². The molecule has 2 fully saturated rings. The van der Waals surface area contributed by atoms with Gasteiger partial charge in [0.2, 0.25) is 0 Å². The maximum atomic E-state index is 12.7. The summed E-state index contributed by atoms with van der Waals surface area (Å²) < 4.78 is 38.1. The van der Waals surface area contributed by atoms with Crippen molar-refractivity contribution < 1.29 is 13.2 Å². The molecule has 0 saturated heterocycles. The van der Waals surface area contributed by atoms with Crippen LogP contribution in [-0.4, -0.2) is 4.98 Å². The second-order valence-corrected chi connectivity index (χ2v) is 9.57. The van der Waals surface area contributed by atoms with Crippen LogP contribution >= 0.6 is 0 Å². The van der Waals surface area contributed by atoms with E-state index in [4.69, 9.17) is 0 Å². The minimum Gasteiger partial charge on any atom is -0.251 e. The van der Waals surface area contributed by atoms with Gasteiger partial charge in [0, 0.05) is 6.20 Å². The molecule has 0 amide bonds. The number of pyridine rings is 1. The van der Waals surface area contributed by atoms with Gasteiger partial charge < -0.3 is 0 Å². The van der Waals surface area contributed by atoms with Crippen LogP contribution in [0.5, 0.6) is 0 Å². The Bertz CT molecular complexity index is 579. The van der Waals surface area contributed by atoms with Gasteiger partial charge in [-0.2, -0.15) is 13.2 Å². The van der Waals surface area contributed by atoms with E-state index in [1.54, 1.807) is 6.07 Å². The number of unbranched alkanes of at least 4 members (excludes halogenated alkanes) is 4. The van der Waals surface area contributed by atoms with Crippen molar-refractivity contribution in [3.63, 3.8) is 0 Å². The number of aromatic nitrogens is 1. The summed E-state index contributed by atoms with van der Waals surface area (Å²) in [6, 6.07) is 2.79. The molecular weight excluding hydrogens is 371 g/mol. The van der Waals surface area contributed by atoms with Crippen LogP contribution in [0, 0.1) is 17.8 Å². The smallest absolute Gasteiger partial charge is 0.251 e. The molecule has 0 spiro atoms. The summed E-state index contributed by atoms with van der Waals surface area (Å²) >= 11 is 0. The molecule has 2 saturated carbocycles. The van der Waals surface area contributed by atoms with Gasteiger partial charge in [-0.1, -0.05) is 64.4 Å². The molecule has 2 aliphatic rings. The Morgan fingerprint density at radius 1 is 0.828 bits per heavy atom. The van der Waals surface area contributed by atoms with E-state index in [1.165, 1.54) is 83.2 Å². The van der Waals surface area contributed by atoms with E-state index in [0.717, 1.165) is 42.2 Å². The summed E-state index contributed by atoms with van der Waals surface area (Å²) in [6.45, 7) is 2.27. The number of hydrogen-bond donors (Lipinski definition) is 0. The molecule has 0 N–H and O–H groups in total. The van der Waals surface area contributed by atoms with Crippen molar-refractivity contribution in [1.82, 2.24) is 4.98 Å². The van der Waals surface area contributed by atoms with E-state index in [0.29, 0.717) is 5.92 Å². The van der Waals surface area contributed by atoms with Gasteiger partial charge in [0.05, 0.1) is 0 Å². The third-order valence-electron chi connectivity index (χ3n) is 7.59. The van der Waals surface area contributed by atoms with Crippen LogP contribution in [0.3, 0.4) is 0 Å². The molecule has 1 aromatic rings. The fourth-order valence-electron chi connectivity index (χ4n) is 5.72. The molecule has 1 nitrogen and oxygen atoms in total. The van der Waals surface area contributed by atoms with Crippen molar-refractivity contribution in [2.75, 3.05) is 0 Å². The molecule has 0 aliphatic heterocycles. The first-order valence-corrected chi connectivity index (χ1v) is 12.0. The van der Waals surface area contributed by atoms with Gasteiger partial charge in [-0.05, 0) is 73.8 Å². The largest absolute Gasteiger partial charge is 0.433 e. The first-order chi connectivity index (χ1) is 14.0. The minimum atomic E-state index is -4.34. The Kier molecular flexibility index (Phi) is 8.44. The van der Waals surface area contributed by atoms with Crippen LogP contribution < -0.4 is 0 Å². The fraction of sp³-hybridized carbons (Fsp3) is 0.800. The highest BCUT2D eigenvalue weighted by molar-refractivity contribution is 5.20.